The lowest BCUT2D eigenvalue weighted by molar-refractivity contribution is -0.136. The van der Waals surface area contributed by atoms with Crippen molar-refractivity contribution < 1.29 is 18.7 Å². The van der Waals surface area contributed by atoms with Gasteiger partial charge in [0.2, 0.25) is 11.8 Å². The van der Waals surface area contributed by atoms with Crippen molar-refractivity contribution in [2.24, 2.45) is 5.92 Å². The number of benzene rings is 1. The maximum Gasteiger partial charge on any atom is 0.228 e. The molecule has 0 spiro atoms. The van der Waals surface area contributed by atoms with Gasteiger partial charge in [-0.05, 0) is 31.2 Å². The highest BCUT2D eigenvalue weighted by Gasteiger charge is 2.37. The van der Waals surface area contributed by atoms with Gasteiger partial charge in [0.05, 0.1) is 31.0 Å². The summed E-state index contributed by atoms with van der Waals surface area (Å²) in [6.07, 6.45) is 1.88. The summed E-state index contributed by atoms with van der Waals surface area (Å²) in [7, 11) is 0. The highest BCUT2D eigenvalue weighted by molar-refractivity contribution is 5.89. The molecule has 1 atom stereocenters. The van der Waals surface area contributed by atoms with Crippen LogP contribution in [-0.2, 0) is 16.1 Å². The van der Waals surface area contributed by atoms with Crippen LogP contribution in [0.1, 0.15) is 19.1 Å². The van der Waals surface area contributed by atoms with Crippen LogP contribution in [-0.4, -0.2) is 60.9 Å². The minimum absolute atomic E-state index is 0.0176. The van der Waals surface area contributed by atoms with E-state index in [2.05, 4.69) is 11.0 Å². The van der Waals surface area contributed by atoms with Crippen LogP contribution in [0.4, 0.5) is 5.69 Å². The van der Waals surface area contributed by atoms with Crippen molar-refractivity contribution in [1.29, 1.82) is 0 Å². The summed E-state index contributed by atoms with van der Waals surface area (Å²) in [5.41, 5.74) is 1.07. The van der Waals surface area contributed by atoms with Crippen molar-refractivity contribution >= 4 is 17.5 Å². The molecule has 2 amide bonds. The topological polar surface area (TPSA) is 66.2 Å². The molecule has 1 unspecified atom stereocenters. The number of piperazine rings is 1. The second kappa shape index (κ2) is 8.59. The summed E-state index contributed by atoms with van der Waals surface area (Å²) in [4.78, 5) is 31.2. The largest absolute Gasteiger partial charge is 0.492 e. The molecule has 0 N–H and O–H groups in total. The van der Waals surface area contributed by atoms with Gasteiger partial charge < -0.3 is 23.9 Å². The Labute approximate surface area is 170 Å². The number of nitrogens with zero attached hydrogens (tertiary/aromatic N) is 3. The van der Waals surface area contributed by atoms with Crippen LogP contribution in [0.5, 0.6) is 5.75 Å². The van der Waals surface area contributed by atoms with Gasteiger partial charge in [-0.1, -0.05) is 12.1 Å². The smallest absolute Gasteiger partial charge is 0.228 e. The molecule has 2 aliphatic heterocycles. The monoisotopic (exact) mass is 397 g/mol. The number of amides is 2. The molecule has 7 nitrogen and oxygen atoms in total. The fraction of sp³-hybridized carbons (Fsp3) is 0.455. The molecule has 154 valence electrons. The fourth-order valence-electron chi connectivity index (χ4n) is 4.10. The van der Waals surface area contributed by atoms with Crippen LogP contribution < -0.4 is 9.64 Å². The Morgan fingerprint density at radius 2 is 1.93 bits per heavy atom. The second-order valence-electron chi connectivity index (χ2n) is 7.47. The summed E-state index contributed by atoms with van der Waals surface area (Å²) in [5.74, 6) is 1.46. The van der Waals surface area contributed by atoms with E-state index in [-0.39, 0.29) is 24.2 Å². The molecule has 0 saturated carbocycles. The number of rotatable bonds is 6. The number of furan rings is 1. The minimum Gasteiger partial charge on any atom is -0.492 e. The molecule has 0 aliphatic carbocycles. The molecule has 29 heavy (non-hydrogen) atoms. The summed E-state index contributed by atoms with van der Waals surface area (Å²) in [5, 5.41) is 0. The Kier molecular flexibility index (Phi) is 5.74. The maximum atomic E-state index is 13.0. The average Bonchev–Trinajstić information content (AvgIpc) is 3.39. The molecule has 1 aromatic carbocycles. The van der Waals surface area contributed by atoms with E-state index < -0.39 is 0 Å². The molecular weight excluding hydrogens is 370 g/mol. The molecule has 2 saturated heterocycles. The van der Waals surface area contributed by atoms with Crippen molar-refractivity contribution in [1.82, 2.24) is 9.80 Å². The number of carbonyl (C=O) groups is 2. The van der Waals surface area contributed by atoms with E-state index in [9.17, 15) is 9.59 Å². The zero-order chi connectivity index (χ0) is 20.2. The third kappa shape index (κ3) is 4.23. The van der Waals surface area contributed by atoms with Gasteiger partial charge in [0.25, 0.3) is 0 Å². The molecule has 2 aromatic rings. The lowest BCUT2D eigenvalue weighted by Gasteiger charge is -2.37. The molecule has 4 rings (SSSR count). The zero-order valence-electron chi connectivity index (χ0n) is 16.8. The Morgan fingerprint density at radius 3 is 2.66 bits per heavy atom. The number of likely N-dealkylation sites (tertiary alicyclic amines) is 1. The van der Waals surface area contributed by atoms with E-state index >= 15 is 0 Å². The molecule has 3 heterocycles. The summed E-state index contributed by atoms with van der Waals surface area (Å²) in [6.45, 7) is 6.32. The second-order valence-corrected chi connectivity index (χ2v) is 7.47. The molecule has 2 fully saturated rings. The van der Waals surface area contributed by atoms with Crippen LogP contribution in [0.25, 0.3) is 0 Å². The van der Waals surface area contributed by atoms with E-state index in [1.54, 1.807) is 11.2 Å². The van der Waals surface area contributed by atoms with Crippen LogP contribution in [0.3, 0.4) is 0 Å². The Morgan fingerprint density at radius 1 is 1.14 bits per heavy atom. The Balaban J connectivity index is 1.33. The predicted octanol–water partition coefficient (Wildman–Crippen LogP) is 2.38. The zero-order valence-corrected chi connectivity index (χ0v) is 16.8. The molecule has 0 radical (unpaired) electrons. The van der Waals surface area contributed by atoms with Gasteiger partial charge in [-0.3, -0.25) is 9.59 Å². The Bertz CT molecular complexity index is 844. The lowest BCUT2D eigenvalue weighted by Crippen LogP contribution is -2.50. The van der Waals surface area contributed by atoms with E-state index in [1.165, 1.54) is 0 Å². The van der Waals surface area contributed by atoms with Gasteiger partial charge >= 0.3 is 0 Å². The number of para-hydroxylation sites is 2. The molecule has 7 heteroatoms. The van der Waals surface area contributed by atoms with Gasteiger partial charge in [-0.2, -0.15) is 0 Å². The quantitative estimate of drug-likeness (QED) is 0.749. The van der Waals surface area contributed by atoms with E-state index in [1.807, 2.05) is 42.2 Å². The predicted molar refractivity (Wildman–Crippen MR) is 109 cm³/mol. The maximum absolute atomic E-state index is 13.0. The first-order valence-electron chi connectivity index (χ1n) is 10.2. The van der Waals surface area contributed by atoms with Crippen LogP contribution in [0.15, 0.2) is 47.1 Å². The standard InChI is InChI=1S/C22H27N3O4/c1-2-28-20-8-4-3-7-19(20)23-9-11-24(12-10-23)22(27)17-14-21(26)25(15-17)16-18-6-5-13-29-18/h3-8,13,17H,2,9-12,14-16H2,1H3. The number of hydrogen-bond donors (Lipinski definition) is 0. The van der Waals surface area contributed by atoms with Crippen LogP contribution >= 0.6 is 0 Å². The first-order chi connectivity index (χ1) is 14.2. The van der Waals surface area contributed by atoms with E-state index in [0.29, 0.717) is 32.8 Å². The SMILES string of the molecule is CCOc1ccccc1N1CCN(C(=O)C2CC(=O)N(Cc3ccco3)C2)CC1. The van der Waals surface area contributed by atoms with Crippen molar-refractivity contribution in [2.75, 3.05) is 44.2 Å². The Hall–Kier alpha value is -2.96. The minimum atomic E-state index is -0.264. The number of anilines is 1. The summed E-state index contributed by atoms with van der Waals surface area (Å²) >= 11 is 0. The average molecular weight is 397 g/mol. The van der Waals surface area contributed by atoms with Gasteiger partial charge in [0.1, 0.15) is 11.5 Å². The van der Waals surface area contributed by atoms with Crippen molar-refractivity contribution in [3.63, 3.8) is 0 Å². The normalized spacial score (nSPS) is 19.7. The molecular formula is C22H27N3O4. The highest BCUT2D eigenvalue weighted by Crippen LogP contribution is 2.29. The molecule has 2 aliphatic rings. The lowest BCUT2D eigenvalue weighted by atomic mass is 10.1. The molecule has 1 aromatic heterocycles. The van der Waals surface area contributed by atoms with Crippen LogP contribution in [0.2, 0.25) is 0 Å². The highest BCUT2D eigenvalue weighted by atomic mass is 16.5. The number of ether oxygens (including phenoxy) is 1. The fourth-order valence-corrected chi connectivity index (χ4v) is 4.10. The first kappa shape index (κ1) is 19.4. The van der Waals surface area contributed by atoms with Crippen molar-refractivity contribution in [3.05, 3.63) is 48.4 Å². The number of carbonyl (C=O) groups excluding carboxylic acids is 2. The third-order valence-corrected chi connectivity index (χ3v) is 5.59. The third-order valence-electron chi connectivity index (χ3n) is 5.59. The van der Waals surface area contributed by atoms with E-state index in [4.69, 9.17) is 9.15 Å². The van der Waals surface area contributed by atoms with Gasteiger partial charge in [0, 0.05) is 39.1 Å². The van der Waals surface area contributed by atoms with Crippen molar-refractivity contribution in [3.8, 4) is 5.75 Å². The van der Waals surface area contributed by atoms with Crippen LogP contribution in [0, 0.1) is 5.92 Å². The summed E-state index contributed by atoms with van der Waals surface area (Å²) < 4.78 is 11.1. The van der Waals surface area contributed by atoms with Gasteiger partial charge in [0.15, 0.2) is 0 Å². The number of hydrogen-bond acceptors (Lipinski definition) is 5. The van der Waals surface area contributed by atoms with Gasteiger partial charge in [-0.15, -0.1) is 0 Å². The van der Waals surface area contributed by atoms with Gasteiger partial charge in [-0.25, -0.2) is 0 Å². The summed E-state index contributed by atoms with van der Waals surface area (Å²) in [6, 6.07) is 11.7. The van der Waals surface area contributed by atoms with Crippen molar-refractivity contribution in [2.45, 2.75) is 19.9 Å². The molecule has 0 bridgehead atoms. The van der Waals surface area contributed by atoms with E-state index in [0.717, 1.165) is 30.3 Å². The first-order valence-corrected chi connectivity index (χ1v) is 10.2.